The molecule has 5 nitrogen and oxygen atoms in total. The second-order valence-corrected chi connectivity index (χ2v) is 5.72. The first kappa shape index (κ1) is 14.5. The monoisotopic (exact) mass is 297 g/mol. The van der Waals surface area contributed by atoms with E-state index in [-0.39, 0.29) is 18.0 Å². The number of aromatic nitrogens is 2. The van der Waals surface area contributed by atoms with E-state index >= 15 is 0 Å². The first-order chi connectivity index (χ1) is 10.6. The number of rotatable bonds is 3. The molecule has 1 aliphatic carbocycles. The van der Waals surface area contributed by atoms with Gasteiger partial charge >= 0.3 is 0 Å². The van der Waals surface area contributed by atoms with Crippen molar-refractivity contribution in [2.24, 2.45) is 0 Å². The molecule has 0 radical (unpaired) electrons. The molecule has 0 saturated heterocycles. The average molecular weight is 297 g/mol. The zero-order valence-corrected chi connectivity index (χ0v) is 12.6. The summed E-state index contributed by atoms with van der Waals surface area (Å²) in [5.41, 5.74) is 3.45. The third-order valence-electron chi connectivity index (χ3n) is 3.96. The molecule has 5 heteroatoms. The molecule has 0 spiro atoms. The first-order valence-electron chi connectivity index (χ1n) is 7.57. The highest BCUT2D eigenvalue weighted by molar-refractivity contribution is 5.90. The minimum Gasteiger partial charge on any atom is -0.325 e. The number of aryl methyl sites for hydroxylation is 2. The maximum absolute atomic E-state index is 12.4. The van der Waals surface area contributed by atoms with Gasteiger partial charge in [-0.2, -0.15) is 0 Å². The number of carbonyl (C=O) groups is 1. The highest BCUT2D eigenvalue weighted by Gasteiger charge is 2.16. The molecule has 1 N–H and O–H groups in total. The molecule has 0 bridgehead atoms. The van der Waals surface area contributed by atoms with Crippen molar-refractivity contribution in [2.75, 3.05) is 5.32 Å². The van der Waals surface area contributed by atoms with Gasteiger partial charge < -0.3 is 5.32 Å². The van der Waals surface area contributed by atoms with Crippen LogP contribution in [0, 0.1) is 6.92 Å². The standard InChI is InChI=1S/C17H19N3O2/c1-12-6-8-13(9-7-12)19-16(21)10-20-11-18-15-5-3-2-4-14(15)17(20)22/h6-9,11H,2-5,10H2,1H3,(H,19,21). The van der Waals surface area contributed by atoms with Crippen LogP contribution in [-0.4, -0.2) is 15.5 Å². The van der Waals surface area contributed by atoms with Gasteiger partial charge in [0.2, 0.25) is 5.91 Å². The van der Waals surface area contributed by atoms with E-state index in [2.05, 4.69) is 10.3 Å². The first-order valence-corrected chi connectivity index (χ1v) is 7.57. The van der Waals surface area contributed by atoms with E-state index in [1.807, 2.05) is 31.2 Å². The summed E-state index contributed by atoms with van der Waals surface area (Å²) in [4.78, 5) is 28.8. The summed E-state index contributed by atoms with van der Waals surface area (Å²) in [7, 11) is 0. The van der Waals surface area contributed by atoms with Crippen LogP contribution in [-0.2, 0) is 24.2 Å². The smallest absolute Gasteiger partial charge is 0.257 e. The normalized spacial score (nSPS) is 13.5. The van der Waals surface area contributed by atoms with E-state index < -0.39 is 0 Å². The number of anilines is 1. The molecule has 1 amide bonds. The van der Waals surface area contributed by atoms with Crippen LogP contribution >= 0.6 is 0 Å². The zero-order valence-electron chi connectivity index (χ0n) is 12.6. The van der Waals surface area contributed by atoms with Gasteiger partial charge in [0, 0.05) is 11.3 Å². The lowest BCUT2D eigenvalue weighted by Crippen LogP contribution is -2.32. The Kier molecular flexibility index (Phi) is 4.04. The zero-order chi connectivity index (χ0) is 15.5. The summed E-state index contributed by atoms with van der Waals surface area (Å²) >= 11 is 0. The Morgan fingerprint density at radius 3 is 2.73 bits per heavy atom. The van der Waals surface area contributed by atoms with Crippen molar-refractivity contribution in [2.45, 2.75) is 39.2 Å². The van der Waals surface area contributed by atoms with Crippen molar-refractivity contribution in [3.05, 3.63) is 57.8 Å². The molecule has 1 aromatic carbocycles. The SMILES string of the molecule is Cc1ccc(NC(=O)Cn2cnc3c(c2=O)CCCC3)cc1. The largest absolute Gasteiger partial charge is 0.325 e. The van der Waals surface area contributed by atoms with Crippen LogP contribution in [0.3, 0.4) is 0 Å². The van der Waals surface area contributed by atoms with Crippen LogP contribution in [0.4, 0.5) is 5.69 Å². The molecular weight excluding hydrogens is 278 g/mol. The summed E-state index contributed by atoms with van der Waals surface area (Å²) in [5, 5.41) is 2.80. The number of nitrogens with one attached hydrogen (secondary N) is 1. The number of fused-ring (bicyclic) bond motifs is 1. The number of amides is 1. The van der Waals surface area contributed by atoms with Crippen LogP contribution in [0.1, 0.15) is 29.7 Å². The molecule has 0 unspecified atom stereocenters. The van der Waals surface area contributed by atoms with Gasteiger partial charge in [-0.25, -0.2) is 4.98 Å². The predicted molar refractivity (Wildman–Crippen MR) is 84.9 cm³/mol. The van der Waals surface area contributed by atoms with Crippen molar-refractivity contribution in [1.29, 1.82) is 0 Å². The number of hydrogen-bond acceptors (Lipinski definition) is 3. The van der Waals surface area contributed by atoms with Crippen LogP contribution in [0.5, 0.6) is 0 Å². The summed E-state index contributed by atoms with van der Waals surface area (Å²) in [5.74, 6) is -0.219. The minimum atomic E-state index is -0.219. The Bertz CT molecular complexity index is 747. The van der Waals surface area contributed by atoms with E-state index in [0.29, 0.717) is 0 Å². The maximum atomic E-state index is 12.4. The highest BCUT2D eigenvalue weighted by atomic mass is 16.2. The van der Waals surface area contributed by atoms with Gasteiger partial charge in [-0.1, -0.05) is 17.7 Å². The molecule has 0 aliphatic heterocycles. The van der Waals surface area contributed by atoms with Gasteiger partial charge in [0.1, 0.15) is 6.54 Å². The van der Waals surface area contributed by atoms with Crippen molar-refractivity contribution in [3.8, 4) is 0 Å². The quantitative estimate of drug-likeness (QED) is 0.943. The van der Waals surface area contributed by atoms with Crippen molar-refractivity contribution in [1.82, 2.24) is 9.55 Å². The summed E-state index contributed by atoms with van der Waals surface area (Å²) in [6.07, 6.45) is 5.21. The number of nitrogens with zero attached hydrogens (tertiary/aromatic N) is 2. The van der Waals surface area contributed by atoms with Crippen LogP contribution in [0.2, 0.25) is 0 Å². The van der Waals surface area contributed by atoms with E-state index in [0.717, 1.165) is 48.2 Å². The molecule has 1 aromatic heterocycles. The van der Waals surface area contributed by atoms with E-state index in [9.17, 15) is 9.59 Å². The Balaban J connectivity index is 1.74. The molecule has 1 aliphatic rings. The van der Waals surface area contributed by atoms with Crippen LogP contribution in [0.15, 0.2) is 35.4 Å². The maximum Gasteiger partial charge on any atom is 0.257 e. The third-order valence-corrected chi connectivity index (χ3v) is 3.96. The molecule has 2 aromatic rings. The van der Waals surface area contributed by atoms with E-state index in [1.165, 1.54) is 10.9 Å². The number of carbonyl (C=O) groups excluding carboxylic acids is 1. The summed E-state index contributed by atoms with van der Waals surface area (Å²) < 4.78 is 1.40. The molecule has 3 rings (SSSR count). The number of benzene rings is 1. The fourth-order valence-electron chi connectivity index (χ4n) is 2.73. The summed E-state index contributed by atoms with van der Waals surface area (Å²) in [6, 6.07) is 7.56. The number of hydrogen-bond donors (Lipinski definition) is 1. The Hall–Kier alpha value is -2.43. The van der Waals surface area contributed by atoms with Gasteiger partial charge in [0.25, 0.3) is 5.56 Å². The van der Waals surface area contributed by atoms with Gasteiger partial charge in [-0.05, 0) is 44.7 Å². The predicted octanol–water partition coefficient (Wildman–Crippen LogP) is 2.07. The lowest BCUT2D eigenvalue weighted by atomic mass is 9.97. The average Bonchev–Trinajstić information content (AvgIpc) is 2.53. The molecule has 22 heavy (non-hydrogen) atoms. The lowest BCUT2D eigenvalue weighted by molar-refractivity contribution is -0.116. The molecule has 0 atom stereocenters. The second-order valence-electron chi connectivity index (χ2n) is 5.72. The molecule has 1 heterocycles. The third kappa shape index (κ3) is 3.08. The van der Waals surface area contributed by atoms with E-state index in [1.54, 1.807) is 0 Å². The molecule has 0 fully saturated rings. The van der Waals surface area contributed by atoms with Crippen molar-refractivity contribution in [3.63, 3.8) is 0 Å². The second kappa shape index (κ2) is 6.13. The van der Waals surface area contributed by atoms with Crippen LogP contribution in [0.25, 0.3) is 0 Å². The highest BCUT2D eigenvalue weighted by Crippen LogP contribution is 2.15. The van der Waals surface area contributed by atoms with Gasteiger partial charge in [0.05, 0.1) is 12.0 Å². The van der Waals surface area contributed by atoms with Gasteiger partial charge in [-0.3, -0.25) is 14.2 Å². The Morgan fingerprint density at radius 1 is 1.23 bits per heavy atom. The minimum absolute atomic E-state index is 0.00695. The fraction of sp³-hybridized carbons (Fsp3) is 0.353. The van der Waals surface area contributed by atoms with Crippen molar-refractivity contribution >= 4 is 11.6 Å². The lowest BCUT2D eigenvalue weighted by Gasteiger charge is -2.15. The van der Waals surface area contributed by atoms with Crippen molar-refractivity contribution < 1.29 is 4.79 Å². The van der Waals surface area contributed by atoms with Crippen LogP contribution < -0.4 is 10.9 Å². The Labute approximate surface area is 129 Å². The molecule has 0 saturated carbocycles. The molecule has 114 valence electrons. The topological polar surface area (TPSA) is 64.0 Å². The van der Waals surface area contributed by atoms with E-state index in [4.69, 9.17) is 0 Å². The molecular formula is C17H19N3O2. The van der Waals surface area contributed by atoms with Gasteiger partial charge in [-0.15, -0.1) is 0 Å². The van der Waals surface area contributed by atoms with Gasteiger partial charge in [0.15, 0.2) is 0 Å². The summed E-state index contributed by atoms with van der Waals surface area (Å²) in [6.45, 7) is 1.98. The fourth-order valence-corrected chi connectivity index (χ4v) is 2.73. The Morgan fingerprint density at radius 2 is 1.95 bits per heavy atom.